The van der Waals surface area contributed by atoms with Crippen molar-refractivity contribution in [3.8, 4) is 11.5 Å². The molecule has 7 heteroatoms. The van der Waals surface area contributed by atoms with Crippen molar-refractivity contribution in [2.45, 2.75) is 33.5 Å². The Morgan fingerprint density at radius 2 is 1.89 bits per heavy atom. The fraction of sp³-hybridized carbons (Fsp3) is 0.350. The molecule has 0 radical (unpaired) electrons. The Morgan fingerprint density at radius 1 is 1.07 bits per heavy atom. The average Bonchev–Trinajstić information content (AvgIpc) is 2.64. The second-order valence-corrected chi connectivity index (χ2v) is 5.90. The van der Waals surface area contributed by atoms with Crippen molar-refractivity contribution in [2.24, 2.45) is 4.99 Å². The number of aliphatic imine (C=N–C) groups is 1. The molecule has 0 aliphatic rings. The zero-order chi connectivity index (χ0) is 19.6. The van der Waals surface area contributed by atoms with Crippen LogP contribution in [0, 0.1) is 6.92 Å². The molecule has 0 fully saturated rings. The van der Waals surface area contributed by atoms with Crippen LogP contribution in [0.5, 0.6) is 11.5 Å². The van der Waals surface area contributed by atoms with Crippen molar-refractivity contribution in [1.82, 2.24) is 10.6 Å². The lowest BCUT2D eigenvalue weighted by Gasteiger charge is -2.14. The van der Waals surface area contributed by atoms with Crippen molar-refractivity contribution in [2.75, 3.05) is 13.7 Å². The molecule has 0 aromatic heterocycles. The van der Waals surface area contributed by atoms with E-state index in [-0.39, 0.29) is 11.5 Å². The number of benzene rings is 2. The van der Waals surface area contributed by atoms with Gasteiger partial charge >= 0.3 is 6.61 Å². The summed E-state index contributed by atoms with van der Waals surface area (Å²) in [6.07, 6.45) is 0. The molecule has 5 nitrogen and oxygen atoms in total. The molecule has 27 heavy (non-hydrogen) atoms. The number of aryl methyl sites for hydroxylation is 1. The molecule has 146 valence electrons. The topological polar surface area (TPSA) is 54.9 Å². The number of hydrogen-bond acceptors (Lipinski definition) is 3. The zero-order valence-electron chi connectivity index (χ0n) is 15.8. The molecule has 2 aromatic carbocycles. The minimum atomic E-state index is -2.91. The van der Waals surface area contributed by atoms with E-state index in [9.17, 15) is 8.78 Å². The van der Waals surface area contributed by atoms with E-state index >= 15 is 0 Å². The molecule has 0 bridgehead atoms. The van der Waals surface area contributed by atoms with Gasteiger partial charge < -0.3 is 20.1 Å². The summed E-state index contributed by atoms with van der Waals surface area (Å²) in [5.74, 6) is 0.915. The van der Waals surface area contributed by atoms with Gasteiger partial charge in [0, 0.05) is 13.1 Å². The lowest BCUT2D eigenvalue weighted by molar-refractivity contribution is -0.0512. The van der Waals surface area contributed by atoms with E-state index in [1.54, 1.807) is 12.1 Å². The smallest absolute Gasteiger partial charge is 0.387 e. The summed E-state index contributed by atoms with van der Waals surface area (Å²) >= 11 is 0. The van der Waals surface area contributed by atoms with E-state index in [1.165, 1.54) is 18.7 Å². The van der Waals surface area contributed by atoms with Gasteiger partial charge in [0.15, 0.2) is 17.5 Å². The lowest BCUT2D eigenvalue weighted by Crippen LogP contribution is -2.36. The molecule has 0 heterocycles. The van der Waals surface area contributed by atoms with Crippen LogP contribution in [0.15, 0.2) is 47.5 Å². The van der Waals surface area contributed by atoms with Crippen molar-refractivity contribution in [1.29, 1.82) is 0 Å². The maximum absolute atomic E-state index is 12.6. The Labute approximate surface area is 158 Å². The van der Waals surface area contributed by atoms with Crippen LogP contribution in [-0.4, -0.2) is 26.2 Å². The minimum absolute atomic E-state index is 0.00787. The molecule has 2 aromatic rings. The number of guanidine groups is 1. The molecule has 0 unspecified atom stereocenters. The quantitative estimate of drug-likeness (QED) is 0.542. The van der Waals surface area contributed by atoms with E-state index in [1.807, 2.05) is 32.0 Å². The Bertz CT molecular complexity index is 767. The second kappa shape index (κ2) is 10.4. The third-order valence-electron chi connectivity index (χ3n) is 3.75. The number of alkyl halides is 2. The Balaban J connectivity index is 2.05. The summed E-state index contributed by atoms with van der Waals surface area (Å²) in [7, 11) is 1.41. The number of ether oxygens (including phenoxy) is 2. The van der Waals surface area contributed by atoms with Crippen LogP contribution in [0.3, 0.4) is 0 Å². The molecule has 2 rings (SSSR count). The first kappa shape index (κ1) is 20.5. The predicted octanol–water partition coefficient (Wildman–Crippen LogP) is 3.86. The molecule has 0 spiro atoms. The highest BCUT2D eigenvalue weighted by Crippen LogP contribution is 2.29. The monoisotopic (exact) mass is 377 g/mol. The van der Waals surface area contributed by atoms with Crippen LogP contribution in [-0.2, 0) is 13.1 Å². The van der Waals surface area contributed by atoms with Gasteiger partial charge in [0.2, 0.25) is 0 Å². The van der Waals surface area contributed by atoms with Crippen LogP contribution >= 0.6 is 0 Å². The van der Waals surface area contributed by atoms with Gasteiger partial charge in [-0.3, -0.25) is 0 Å². The normalized spacial score (nSPS) is 11.4. The predicted molar refractivity (Wildman–Crippen MR) is 102 cm³/mol. The van der Waals surface area contributed by atoms with Gasteiger partial charge in [0.1, 0.15) is 0 Å². The van der Waals surface area contributed by atoms with E-state index < -0.39 is 6.61 Å². The van der Waals surface area contributed by atoms with Crippen molar-refractivity contribution >= 4 is 5.96 Å². The number of nitrogens with zero attached hydrogens (tertiary/aromatic N) is 1. The summed E-state index contributed by atoms with van der Waals surface area (Å²) in [5.41, 5.74) is 3.07. The summed E-state index contributed by atoms with van der Waals surface area (Å²) in [4.78, 5) is 4.56. The Hall–Kier alpha value is -2.83. The molecule has 0 aliphatic carbocycles. The fourth-order valence-electron chi connectivity index (χ4n) is 2.53. The van der Waals surface area contributed by atoms with E-state index in [2.05, 4.69) is 26.4 Å². The van der Waals surface area contributed by atoms with E-state index in [0.717, 1.165) is 11.1 Å². The average molecular weight is 377 g/mol. The van der Waals surface area contributed by atoms with Gasteiger partial charge in [0.05, 0.1) is 13.7 Å². The first-order chi connectivity index (χ1) is 13.0. The lowest BCUT2D eigenvalue weighted by atomic mass is 10.1. The van der Waals surface area contributed by atoms with Crippen LogP contribution < -0.4 is 20.1 Å². The van der Waals surface area contributed by atoms with Crippen LogP contribution in [0.2, 0.25) is 0 Å². The zero-order valence-corrected chi connectivity index (χ0v) is 15.8. The maximum atomic E-state index is 12.6. The van der Waals surface area contributed by atoms with Crippen LogP contribution in [0.25, 0.3) is 0 Å². The highest BCUT2D eigenvalue weighted by Gasteiger charge is 2.11. The first-order valence-corrected chi connectivity index (χ1v) is 8.71. The molecular formula is C20H25F2N3O2. The Morgan fingerprint density at radius 3 is 2.56 bits per heavy atom. The molecule has 0 saturated carbocycles. The highest BCUT2D eigenvalue weighted by atomic mass is 19.3. The molecule has 0 atom stereocenters. The number of rotatable bonds is 8. The van der Waals surface area contributed by atoms with Gasteiger partial charge in [-0.2, -0.15) is 8.78 Å². The van der Waals surface area contributed by atoms with Gasteiger partial charge in [0.25, 0.3) is 0 Å². The van der Waals surface area contributed by atoms with Gasteiger partial charge in [-0.15, -0.1) is 0 Å². The number of hydrogen-bond donors (Lipinski definition) is 2. The largest absolute Gasteiger partial charge is 0.493 e. The third-order valence-corrected chi connectivity index (χ3v) is 3.75. The van der Waals surface area contributed by atoms with Crippen LogP contribution in [0.4, 0.5) is 8.78 Å². The minimum Gasteiger partial charge on any atom is -0.493 e. The van der Waals surface area contributed by atoms with Crippen molar-refractivity contribution in [3.05, 3.63) is 59.2 Å². The second-order valence-electron chi connectivity index (χ2n) is 5.90. The highest BCUT2D eigenvalue weighted by molar-refractivity contribution is 5.79. The molecular weight excluding hydrogens is 352 g/mol. The van der Waals surface area contributed by atoms with Crippen molar-refractivity contribution < 1.29 is 18.3 Å². The van der Waals surface area contributed by atoms with Crippen LogP contribution in [0.1, 0.15) is 23.6 Å². The van der Waals surface area contributed by atoms with Gasteiger partial charge in [-0.25, -0.2) is 4.99 Å². The number of nitrogens with one attached hydrogen (secondary N) is 2. The summed E-state index contributed by atoms with van der Waals surface area (Å²) < 4.78 is 34.7. The SMILES string of the molecule is CCNC(=NCc1cccc(C)c1)NCc1ccc(OC)c(OC(F)F)c1. The van der Waals surface area contributed by atoms with Crippen molar-refractivity contribution in [3.63, 3.8) is 0 Å². The summed E-state index contributed by atoms with van der Waals surface area (Å²) in [5, 5.41) is 6.36. The molecule has 2 N–H and O–H groups in total. The number of methoxy groups -OCH3 is 1. The maximum Gasteiger partial charge on any atom is 0.387 e. The molecule has 0 amide bonds. The first-order valence-electron chi connectivity index (χ1n) is 8.71. The van der Waals surface area contributed by atoms with E-state index in [0.29, 0.717) is 25.6 Å². The number of halogens is 2. The van der Waals surface area contributed by atoms with E-state index in [4.69, 9.17) is 4.74 Å². The summed E-state index contributed by atoms with van der Waals surface area (Å²) in [6.45, 7) is 2.77. The molecule has 0 aliphatic heterocycles. The standard InChI is InChI=1S/C20H25F2N3O2/c1-4-23-20(24-12-15-7-5-6-14(2)10-15)25-13-16-8-9-17(26-3)18(11-16)27-19(21)22/h5-11,19H,4,12-13H2,1-3H3,(H2,23,24,25). The van der Waals surface area contributed by atoms with Gasteiger partial charge in [-0.05, 0) is 37.1 Å². The summed E-state index contributed by atoms with van der Waals surface area (Å²) in [6, 6.07) is 13.1. The third kappa shape index (κ3) is 6.77. The van der Waals surface area contributed by atoms with Gasteiger partial charge in [-0.1, -0.05) is 35.9 Å². The Kier molecular flexibility index (Phi) is 7.85. The fourth-order valence-corrected chi connectivity index (χ4v) is 2.53. The molecule has 0 saturated heterocycles.